The zero-order valence-electron chi connectivity index (χ0n) is 16.4. The Labute approximate surface area is 179 Å². The van der Waals surface area contributed by atoms with Crippen molar-refractivity contribution in [1.82, 2.24) is 4.98 Å². The first-order valence-corrected chi connectivity index (χ1v) is 10.3. The monoisotopic (exact) mass is 409 g/mol. The van der Waals surface area contributed by atoms with E-state index in [-0.39, 0.29) is 0 Å². The van der Waals surface area contributed by atoms with Gasteiger partial charge in [-0.05, 0) is 23.3 Å². The van der Waals surface area contributed by atoms with Gasteiger partial charge in [0.2, 0.25) is 0 Å². The van der Waals surface area contributed by atoms with Gasteiger partial charge in [0.15, 0.2) is 0 Å². The summed E-state index contributed by atoms with van der Waals surface area (Å²) in [6.07, 6.45) is 1.67. The molecule has 4 nitrogen and oxygen atoms in total. The highest BCUT2D eigenvalue weighted by atomic mass is 32.1. The minimum atomic E-state index is 0.470. The Kier molecular flexibility index (Phi) is 5.88. The molecule has 4 rings (SSSR count). The van der Waals surface area contributed by atoms with Crippen molar-refractivity contribution in [3.8, 4) is 34.2 Å². The van der Waals surface area contributed by atoms with E-state index in [1.807, 2.05) is 47.8 Å². The molecule has 1 aromatic heterocycles. The normalized spacial score (nSPS) is 11.0. The Morgan fingerprint density at radius 1 is 0.933 bits per heavy atom. The fourth-order valence-corrected chi connectivity index (χ4v) is 3.84. The van der Waals surface area contributed by atoms with Gasteiger partial charge in [-0.1, -0.05) is 66.7 Å². The largest absolute Gasteiger partial charge is 0.495 e. The maximum atomic E-state index is 9.60. The van der Waals surface area contributed by atoms with Crippen LogP contribution in [0.5, 0.6) is 5.75 Å². The standard InChI is InChI=1S/C25H19N3OS/c1-29-24-10-6-5-9-22(24)27-16-21(15-26)25-28-23(17-30-25)20-13-11-19(12-14-20)18-7-3-2-4-8-18/h2-14,16-17,27H,1H3. The molecule has 0 aliphatic rings. The molecule has 0 atom stereocenters. The predicted octanol–water partition coefficient (Wildman–Crippen LogP) is 6.46. The average Bonchev–Trinajstić information content (AvgIpc) is 3.30. The third kappa shape index (κ3) is 4.24. The van der Waals surface area contributed by atoms with E-state index in [9.17, 15) is 5.26 Å². The molecule has 0 saturated heterocycles. The van der Waals surface area contributed by atoms with Gasteiger partial charge in [-0.15, -0.1) is 11.3 Å². The van der Waals surface area contributed by atoms with Gasteiger partial charge in [-0.2, -0.15) is 5.26 Å². The number of hydrogen-bond donors (Lipinski definition) is 1. The van der Waals surface area contributed by atoms with Crippen LogP contribution in [0.25, 0.3) is 28.0 Å². The van der Waals surface area contributed by atoms with Gasteiger partial charge in [0, 0.05) is 17.1 Å². The minimum Gasteiger partial charge on any atom is -0.495 e. The van der Waals surface area contributed by atoms with Gasteiger partial charge in [-0.3, -0.25) is 0 Å². The van der Waals surface area contributed by atoms with E-state index in [2.05, 4.69) is 52.8 Å². The molecule has 5 heteroatoms. The van der Waals surface area contributed by atoms with Crippen LogP contribution < -0.4 is 10.1 Å². The van der Waals surface area contributed by atoms with Crippen LogP contribution in [-0.4, -0.2) is 12.1 Å². The predicted molar refractivity (Wildman–Crippen MR) is 123 cm³/mol. The maximum Gasteiger partial charge on any atom is 0.142 e. The minimum absolute atomic E-state index is 0.470. The Hall–Kier alpha value is -3.88. The number of methoxy groups -OCH3 is 1. The molecule has 0 aliphatic carbocycles. The van der Waals surface area contributed by atoms with Crippen LogP contribution in [0.3, 0.4) is 0 Å². The zero-order valence-corrected chi connectivity index (χ0v) is 17.2. The lowest BCUT2D eigenvalue weighted by Gasteiger charge is -2.07. The molecule has 0 aliphatic heterocycles. The highest BCUT2D eigenvalue weighted by Crippen LogP contribution is 2.29. The molecule has 30 heavy (non-hydrogen) atoms. The number of thiazole rings is 1. The number of anilines is 1. The van der Waals surface area contributed by atoms with Gasteiger partial charge < -0.3 is 10.1 Å². The Morgan fingerprint density at radius 3 is 2.33 bits per heavy atom. The molecule has 146 valence electrons. The third-order valence-corrected chi connectivity index (χ3v) is 5.50. The Balaban J connectivity index is 1.54. The molecule has 1 heterocycles. The van der Waals surface area contributed by atoms with Gasteiger partial charge in [0.25, 0.3) is 0 Å². The lowest BCUT2D eigenvalue weighted by Crippen LogP contribution is -1.94. The molecule has 0 unspecified atom stereocenters. The van der Waals surface area contributed by atoms with E-state index in [0.29, 0.717) is 16.3 Å². The van der Waals surface area contributed by atoms with E-state index in [4.69, 9.17) is 4.74 Å². The van der Waals surface area contributed by atoms with Crippen molar-refractivity contribution in [2.45, 2.75) is 0 Å². The van der Waals surface area contributed by atoms with Crippen LogP contribution in [0.1, 0.15) is 5.01 Å². The van der Waals surface area contributed by atoms with Gasteiger partial charge >= 0.3 is 0 Å². The van der Waals surface area contributed by atoms with Crippen molar-refractivity contribution in [3.05, 3.63) is 95.5 Å². The molecule has 0 saturated carbocycles. The van der Waals surface area contributed by atoms with Crippen LogP contribution in [0.2, 0.25) is 0 Å². The number of rotatable bonds is 6. The van der Waals surface area contributed by atoms with Crippen LogP contribution in [0, 0.1) is 11.3 Å². The summed E-state index contributed by atoms with van der Waals surface area (Å²) in [5.74, 6) is 0.712. The third-order valence-electron chi connectivity index (χ3n) is 4.62. The van der Waals surface area contributed by atoms with Gasteiger partial charge in [-0.25, -0.2) is 4.98 Å². The van der Waals surface area contributed by atoms with Crippen molar-refractivity contribution >= 4 is 22.6 Å². The number of benzene rings is 3. The summed E-state index contributed by atoms with van der Waals surface area (Å²) in [6, 6.07) is 28.4. The smallest absolute Gasteiger partial charge is 0.142 e. The SMILES string of the molecule is COc1ccccc1NC=C(C#N)c1nc(-c2ccc(-c3ccccc3)cc2)cs1. The van der Waals surface area contributed by atoms with E-state index < -0.39 is 0 Å². The number of ether oxygens (including phenoxy) is 1. The molecule has 0 radical (unpaired) electrons. The number of nitrogens with one attached hydrogen (secondary N) is 1. The molecule has 3 aromatic carbocycles. The molecular weight excluding hydrogens is 390 g/mol. The molecule has 0 fully saturated rings. The summed E-state index contributed by atoms with van der Waals surface area (Å²) < 4.78 is 5.33. The molecular formula is C25H19N3OS. The summed E-state index contributed by atoms with van der Waals surface area (Å²) in [7, 11) is 1.62. The average molecular weight is 410 g/mol. The number of allylic oxidation sites excluding steroid dienone is 1. The summed E-state index contributed by atoms with van der Waals surface area (Å²) in [5, 5.41) is 15.4. The molecule has 0 bridgehead atoms. The molecule has 0 spiro atoms. The second-order valence-corrected chi connectivity index (χ2v) is 7.35. The molecule has 1 N–H and O–H groups in total. The summed E-state index contributed by atoms with van der Waals surface area (Å²) in [4.78, 5) is 4.67. The topological polar surface area (TPSA) is 57.9 Å². The second kappa shape index (κ2) is 9.08. The summed E-state index contributed by atoms with van der Waals surface area (Å²) in [6.45, 7) is 0. The van der Waals surface area contributed by atoms with Crippen molar-refractivity contribution < 1.29 is 4.74 Å². The first kappa shape index (κ1) is 19.4. The molecule has 0 amide bonds. The quantitative estimate of drug-likeness (QED) is 0.371. The second-order valence-electron chi connectivity index (χ2n) is 6.50. The first-order chi connectivity index (χ1) is 14.8. The van der Waals surface area contributed by atoms with E-state index in [1.54, 1.807) is 13.3 Å². The fourth-order valence-electron chi connectivity index (χ4n) is 3.05. The first-order valence-electron chi connectivity index (χ1n) is 9.40. The number of aromatic nitrogens is 1. The van der Waals surface area contributed by atoms with Crippen molar-refractivity contribution in [3.63, 3.8) is 0 Å². The number of hydrogen-bond acceptors (Lipinski definition) is 5. The lowest BCUT2D eigenvalue weighted by molar-refractivity contribution is 0.417. The van der Waals surface area contributed by atoms with Gasteiger partial charge in [0.1, 0.15) is 22.4 Å². The number of para-hydroxylation sites is 2. The van der Waals surface area contributed by atoms with Crippen molar-refractivity contribution in [1.29, 1.82) is 5.26 Å². The van der Waals surface area contributed by atoms with Gasteiger partial charge in [0.05, 0.1) is 18.5 Å². The van der Waals surface area contributed by atoms with Crippen LogP contribution in [-0.2, 0) is 0 Å². The highest BCUT2D eigenvalue weighted by Gasteiger charge is 2.10. The van der Waals surface area contributed by atoms with Crippen LogP contribution in [0.4, 0.5) is 5.69 Å². The Bertz CT molecular complexity index is 1210. The van der Waals surface area contributed by atoms with E-state index in [0.717, 1.165) is 22.5 Å². The lowest BCUT2D eigenvalue weighted by atomic mass is 10.0. The zero-order chi connectivity index (χ0) is 20.8. The highest BCUT2D eigenvalue weighted by molar-refractivity contribution is 7.11. The van der Waals surface area contributed by atoms with E-state index in [1.165, 1.54) is 16.9 Å². The fraction of sp³-hybridized carbons (Fsp3) is 0.0400. The maximum absolute atomic E-state index is 9.60. The van der Waals surface area contributed by atoms with E-state index >= 15 is 0 Å². The van der Waals surface area contributed by atoms with Crippen molar-refractivity contribution in [2.75, 3.05) is 12.4 Å². The summed E-state index contributed by atoms with van der Waals surface area (Å²) >= 11 is 1.45. The molecule has 4 aromatic rings. The van der Waals surface area contributed by atoms with Crippen LogP contribution >= 0.6 is 11.3 Å². The number of nitrogens with zero attached hydrogens (tertiary/aromatic N) is 2. The number of nitriles is 1. The van der Waals surface area contributed by atoms with Crippen molar-refractivity contribution in [2.24, 2.45) is 0 Å². The van der Waals surface area contributed by atoms with Crippen LogP contribution in [0.15, 0.2) is 90.4 Å². The summed E-state index contributed by atoms with van der Waals surface area (Å²) in [5.41, 5.74) is 5.48. The Morgan fingerprint density at radius 2 is 1.60 bits per heavy atom.